The van der Waals surface area contributed by atoms with E-state index in [0.717, 1.165) is 12.0 Å². The largest absolute Gasteiger partial charge is 0.490 e. The average molecular weight is 250 g/mol. The van der Waals surface area contributed by atoms with E-state index < -0.39 is 5.97 Å². The normalized spacial score (nSPS) is 20.8. The third-order valence-electron chi connectivity index (χ3n) is 2.73. The highest BCUT2D eigenvalue weighted by Crippen LogP contribution is 2.34. The van der Waals surface area contributed by atoms with Gasteiger partial charge in [-0.1, -0.05) is 12.1 Å². The van der Waals surface area contributed by atoms with Crippen LogP contribution >= 0.6 is 0 Å². The van der Waals surface area contributed by atoms with Gasteiger partial charge < -0.3 is 9.47 Å². The van der Waals surface area contributed by atoms with Gasteiger partial charge in [0, 0.05) is 6.42 Å². The van der Waals surface area contributed by atoms with Crippen LogP contribution in [0, 0.1) is 5.82 Å². The number of benzene rings is 1. The van der Waals surface area contributed by atoms with Gasteiger partial charge in [-0.25, -0.2) is 9.18 Å². The molecule has 1 aliphatic heterocycles. The summed E-state index contributed by atoms with van der Waals surface area (Å²) in [6.45, 7) is 2.09. The van der Waals surface area contributed by atoms with E-state index in [-0.39, 0.29) is 11.9 Å². The van der Waals surface area contributed by atoms with Crippen molar-refractivity contribution in [2.45, 2.75) is 25.9 Å². The molecule has 0 bridgehead atoms. The summed E-state index contributed by atoms with van der Waals surface area (Å²) in [5, 5.41) is 0. The maximum absolute atomic E-state index is 13.1. The zero-order chi connectivity index (χ0) is 13.0. The zero-order valence-corrected chi connectivity index (χ0v) is 10.2. The van der Waals surface area contributed by atoms with Crippen LogP contribution in [-0.4, -0.2) is 12.6 Å². The second-order valence-electron chi connectivity index (χ2n) is 4.06. The van der Waals surface area contributed by atoms with Crippen LogP contribution in [0.3, 0.4) is 0 Å². The standard InChI is InChI=1S/C14H15FO3/c1-2-17-14(16)9-12-6-7-13(18-12)10-4-3-5-11(15)8-10/h3-5,8-9,13H,2,6-7H2,1H3/b12-9+. The van der Waals surface area contributed by atoms with Crippen molar-refractivity contribution in [3.05, 3.63) is 47.5 Å². The first-order chi connectivity index (χ1) is 8.69. The molecule has 3 nitrogen and oxygen atoms in total. The van der Waals surface area contributed by atoms with Crippen molar-refractivity contribution in [2.24, 2.45) is 0 Å². The molecule has 0 aromatic heterocycles. The lowest BCUT2D eigenvalue weighted by Gasteiger charge is -2.10. The predicted octanol–water partition coefficient (Wildman–Crippen LogP) is 3.12. The first-order valence-electron chi connectivity index (χ1n) is 5.98. The van der Waals surface area contributed by atoms with E-state index in [9.17, 15) is 9.18 Å². The van der Waals surface area contributed by atoms with Crippen LogP contribution in [0.25, 0.3) is 0 Å². The molecule has 1 atom stereocenters. The van der Waals surface area contributed by atoms with Crippen LogP contribution in [0.1, 0.15) is 31.4 Å². The maximum Gasteiger partial charge on any atom is 0.334 e. The van der Waals surface area contributed by atoms with Gasteiger partial charge in [-0.2, -0.15) is 0 Å². The molecule has 96 valence electrons. The van der Waals surface area contributed by atoms with E-state index in [1.165, 1.54) is 18.2 Å². The Morgan fingerprint density at radius 2 is 2.44 bits per heavy atom. The Kier molecular flexibility index (Phi) is 3.97. The molecular weight excluding hydrogens is 235 g/mol. The number of carbonyl (C=O) groups excluding carboxylic acids is 1. The number of hydrogen-bond acceptors (Lipinski definition) is 3. The van der Waals surface area contributed by atoms with Gasteiger partial charge in [-0.3, -0.25) is 0 Å². The van der Waals surface area contributed by atoms with Gasteiger partial charge in [-0.05, 0) is 31.0 Å². The van der Waals surface area contributed by atoms with Gasteiger partial charge in [0.05, 0.1) is 12.7 Å². The monoisotopic (exact) mass is 250 g/mol. The minimum Gasteiger partial charge on any atom is -0.490 e. The summed E-state index contributed by atoms with van der Waals surface area (Å²) in [4.78, 5) is 11.3. The number of rotatable bonds is 3. The lowest BCUT2D eigenvalue weighted by Crippen LogP contribution is -2.01. The summed E-state index contributed by atoms with van der Waals surface area (Å²) in [5.41, 5.74) is 0.794. The van der Waals surface area contributed by atoms with Gasteiger partial charge in [0.1, 0.15) is 17.7 Å². The highest BCUT2D eigenvalue weighted by atomic mass is 19.1. The van der Waals surface area contributed by atoms with Gasteiger partial charge >= 0.3 is 5.97 Å². The summed E-state index contributed by atoms with van der Waals surface area (Å²) in [6.07, 6.45) is 2.60. The molecule has 0 spiro atoms. The van der Waals surface area contributed by atoms with Crippen LogP contribution in [-0.2, 0) is 14.3 Å². The number of hydrogen-bond donors (Lipinski definition) is 0. The van der Waals surface area contributed by atoms with Crippen LogP contribution < -0.4 is 0 Å². The van der Waals surface area contributed by atoms with E-state index in [1.807, 2.05) is 6.07 Å². The molecule has 0 N–H and O–H groups in total. The molecule has 1 aromatic carbocycles. The SMILES string of the molecule is CCOC(=O)/C=C1\CCC(c2cccc(F)c2)O1. The average Bonchev–Trinajstić information content (AvgIpc) is 2.78. The molecule has 0 radical (unpaired) electrons. The number of esters is 1. The summed E-state index contributed by atoms with van der Waals surface area (Å²) >= 11 is 0. The number of halogens is 1. The van der Waals surface area contributed by atoms with Gasteiger partial charge in [0.2, 0.25) is 0 Å². The summed E-state index contributed by atoms with van der Waals surface area (Å²) in [6, 6.07) is 6.33. The topological polar surface area (TPSA) is 35.5 Å². The van der Waals surface area contributed by atoms with Crippen LogP contribution in [0.15, 0.2) is 36.1 Å². The summed E-state index contributed by atoms with van der Waals surface area (Å²) in [7, 11) is 0. The van der Waals surface area contributed by atoms with E-state index in [2.05, 4.69) is 0 Å². The van der Waals surface area contributed by atoms with Crippen LogP contribution in [0.5, 0.6) is 0 Å². The highest BCUT2D eigenvalue weighted by Gasteiger charge is 2.23. The van der Waals surface area contributed by atoms with Crippen molar-refractivity contribution in [2.75, 3.05) is 6.61 Å². The van der Waals surface area contributed by atoms with Gasteiger partial charge in [0.25, 0.3) is 0 Å². The van der Waals surface area contributed by atoms with E-state index >= 15 is 0 Å². The number of carbonyl (C=O) groups is 1. The third-order valence-corrected chi connectivity index (χ3v) is 2.73. The Balaban J connectivity index is 2.02. The number of ether oxygens (including phenoxy) is 2. The fourth-order valence-corrected chi connectivity index (χ4v) is 1.94. The Morgan fingerprint density at radius 3 is 3.17 bits per heavy atom. The summed E-state index contributed by atoms with van der Waals surface area (Å²) < 4.78 is 23.5. The van der Waals surface area contributed by atoms with E-state index in [1.54, 1.807) is 13.0 Å². The lowest BCUT2D eigenvalue weighted by molar-refractivity contribution is -0.137. The number of allylic oxidation sites excluding steroid dienone is 1. The minimum absolute atomic E-state index is 0.179. The van der Waals surface area contributed by atoms with Gasteiger partial charge in [-0.15, -0.1) is 0 Å². The first-order valence-corrected chi connectivity index (χ1v) is 5.98. The Hall–Kier alpha value is -1.84. The zero-order valence-electron chi connectivity index (χ0n) is 10.2. The molecule has 4 heteroatoms. The predicted molar refractivity (Wildman–Crippen MR) is 64.2 cm³/mol. The molecule has 1 fully saturated rings. The molecular formula is C14H15FO3. The minimum atomic E-state index is -0.396. The molecule has 1 saturated heterocycles. The third kappa shape index (κ3) is 3.09. The molecule has 1 aliphatic rings. The highest BCUT2D eigenvalue weighted by molar-refractivity contribution is 5.82. The lowest BCUT2D eigenvalue weighted by atomic mass is 10.1. The maximum atomic E-state index is 13.1. The fourth-order valence-electron chi connectivity index (χ4n) is 1.94. The molecule has 1 heterocycles. The first kappa shape index (κ1) is 12.6. The van der Waals surface area contributed by atoms with Crippen molar-refractivity contribution >= 4 is 5.97 Å². The van der Waals surface area contributed by atoms with Crippen molar-refractivity contribution in [1.82, 2.24) is 0 Å². The quantitative estimate of drug-likeness (QED) is 0.610. The van der Waals surface area contributed by atoms with E-state index in [0.29, 0.717) is 18.8 Å². The Bertz CT molecular complexity index is 468. The van der Waals surface area contributed by atoms with E-state index in [4.69, 9.17) is 9.47 Å². The Labute approximate surface area is 105 Å². The molecule has 0 amide bonds. The second-order valence-corrected chi connectivity index (χ2v) is 4.06. The molecule has 1 aromatic rings. The Morgan fingerprint density at radius 1 is 1.61 bits per heavy atom. The van der Waals surface area contributed by atoms with Crippen LogP contribution in [0.2, 0.25) is 0 Å². The van der Waals surface area contributed by atoms with Crippen molar-refractivity contribution in [3.63, 3.8) is 0 Å². The van der Waals surface area contributed by atoms with Crippen molar-refractivity contribution in [1.29, 1.82) is 0 Å². The molecule has 18 heavy (non-hydrogen) atoms. The molecule has 2 rings (SSSR count). The van der Waals surface area contributed by atoms with Crippen LogP contribution in [0.4, 0.5) is 4.39 Å². The van der Waals surface area contributed by atoms with Crippen molar-refractivity contribution in [3.8, 4) is 0 Å². The van der Waals surface area contributed by atoms with Crippen molar-refractivity contribution < 1.29 is 18.7 Å². The summed E-state index contributed by atoms with van der Waals surface area (Å²) in [5.74, 6) is -0.0750. The fraction of sp³-hybridized carbons (Fsp3) is 0.357. The smallest absolute Gasteiger partial charge is 0.334 e. The second kappa shape index (κ2) is 5.67. The van der Waals surface area contributed by atoms with Gasteiger partial charge in [0.15, 0.2) is 0 Å². The molecule has 0 aliphatic carbocycles. The molecule has 0 saturated carbocycles. The molecule has 1 unspecified atom stereocenters.